The van der Waals surface area contributed by atoms with E-state index in [4.69, 9.17) is 0 Å². The van der Waals surface area contributed by atoms with Gasteiger partial charge in [0.1, 0.15) is 4.88 Å². The predicted molar refractivity (Wildman–Crippen MR) is 82.5 cm³/mol. The SMILES string of the molecule is Cc1ncsc1C(=O)N1CCC[C@H]1c1c(C)nn(C)c1C. The van der Waals surface area contributed by atoms with Gasteiger partial charge in [-0.25, -0.2) is 4.98 Å². The highest BCUT2D eigenvalue weighted by Crippen LogP contribution is 2.36. The van der Waals surface area contributed by atoms with E-state index in [1.54, 1.807) is 5.51 Å². The van der Waals surface area contributed by atoms with Crippen molar-refractivity contribution in [3.8, 4) is 0 Å². The third-order valence-corrected chi connectivity index (χ3v) is 5.27. The first-order valence-corrected chi connectivity index (χ1v) is 8.09. The van der Waals surface area contributed by atoms with Crippen molar-refractivity contribution >= 4 is 17.2 Å². The van der Waals surface area contributed by atoms with Gasteiger partial charge in [0, 0.05) is 24.8 Å². The van der Waals surface area contributed by atoms with Crippen LogP contribution in [0.5, 0.6) is 0 Å². The molecule has 2 aromatic heterocycles. The molecule has 0 bridgehead atoms. The summed E-state index contributed by atoms with van der Waals surface area (Å²) in [5.41, 5.74) is 5.97. The van der Waals surface area contributed by atoms with Crippen LogP contribution < -0.4 is 0 Å². The van der Waals surface area contributed by atoms with Gasteiger partial charge >= 0.3 is 0 Å². The number of hydrogen-bond acceptors (Lipinski definition) is 4. The summed E-state index contributed by atoms with van der Waals surface area (Å²) in [6, 6.07) is 0.146. The van der Waals surface area contributed by atoms with E-state index in [-0.39, 0.29) is 11.9 Å². The summed E-state index contributed by atoms with van der Waals surface area (Å²) in [7, 11) is 1.96. The van der Waals surface area contributed by atoms with E-state index in [9.17, 15) is 4.79 Å². The van der Waals surface area contributed by atoms with Crippen LogP contribution in [0.2, 0.25) is 0 Å². The van der Waals surface area contributed by atoms with Gasteiger partial charge in [0.25, 0.3) is 5.91 Å². The highest BCUT2D eigenvalue weighted by atomic mass is 32.1. The second-order valence-electron chi connectivity index (χ2n) is 5.63. The number of amides is 1. The van der Waals surface area contributed by atoms with E-state index in [1.165, 1.54) is 16.9 Å². The van der Waals surface area contributed by atoms with E-state index in [0.717, 1.165) is 41.3 Å². The lowest BCUT2D eigenvalue weighted by Crippen LogP contribution is -2.31. The normalized spacial score (nSPS) is 18.5. The van der Waals surface area contributed by atoms with E-state index in [1.807, 2.05) is 30.5 Å². The highest BCUT2D eigenvalue weighted by Gasteiger charge is 2.34. The maximum atomic E-state index is 12.8. The molecule has 0 radical (unpaired) electrons. The molecule has 1 fully saturated rings. The Bertz CT molecular complexity index is 688. The summed E-state index contributed by atoms with van der Waals surface area (Å²) in [6.45, 7) is 6.82. The first kappa shape index (κ1) is 14.3. The monoisotopic (exact) mass is 304 g/mol. The summed E-state index contributed by atoms with van der Waals surface area (Å²) >= 11 is 1.43. The minimum atomic E-state index is 0.111. The molecule has 5 nitrogen and oxygen atoms in total. The van der Waals surface area contributed by atoms with Crippen LogP contribution in [0.4, 0.5) is 0 Å². The number of likely N-dealkylation sites (tertiary alicyclic amines) is 1. The Balaban J connectivity index is 1.96. The molecule has 1 atom stereocenters. The maximum absolute atomic E-state index is 12.8. The molecular weight excluding hydrogens is 284 g/mol. The van der Waals surface area contributed by atoms with Crippen molar-refractivity contribution in [2.24, 2.45) is 7.05 Å². The van der Waals surface area contributed by atoms with Gasteiger partial charge in [-0.15, -0.1) is 11.3 Å². The van der Waals surface area contributed by atoms with Gasteiger partial charge in [-0.2, -0.15) is 5.10 Å². The summed E-state index contributed by atoms with van der Waals surface area (Å²) in [5, 5.41) is 4.50. The molecule has 0 N–H and O–H groups in total. The van der Waals surface area contributed by atoms with Gasteiger partial charge in [-0.05, 0) is 33.6 Å². The molecule has 21 heavy (non-hydrogen) atoms. The lowest BCUT2D eigenvalue weighted by molar-refractivity contribution is 0.0739. The van der Waals surface area contributed by atoms with Crippen LogP contribution in [0.1, 0.15) is 51.2 Å². The molecule has 3 heterocycles. The fourth-order valence-electron chi connectivity index (χ4n) is 3.22. The molecule has 1 saturated heterocycles. The van der Waals surface area contributed by atoms with Crippen LogP contribution in [-0.2, 0) is 7.05 Å². The average Bonchev–Trinajstić information content (AvgIpc) is 3.11. The van der Waals surface area contributed by atoms with Crippen molar-refractivity contribution in [3.05, 3.63) is 33.0 Å². The van der Waals surface area contributed by atoms with E-state index >= 15 is 0 Å². The lowest BCUT2D eigenvalue weighted by Gasteiger charge is -2.25. The van der Waals surface area contributed by atoms with E-state index < -0.39 is 0 Å². The topological polar surface area (TPSA) is 51.0 Å². The van der Waals surface area contributed by atoms with E-state index in [0.29, 0.717) is 0 Å². The fourth-order valence-corrected chi connectivity index (χ4v) is 3.98. The number of thiazole rings is 1. The average molecular weight is 304 g/mol. The zero-order chi connectivity index (χ0) is 15.1. The first-order valence-electron chi connectivity index (χ1n) is 7.22. The Hall–Kier alpha value is -1.69. The molecule has 112 valence electrons. The van der Waals surface area contributed by atoms with Crippen LogP contribution >= 0.6 is 11.3 Å². The second-order valence-corrected chi connectivity index (χ2v) is 6.49. The van der Waals surface area contributed by atoms with Gasteiger partial charge in [0.05, 0.1) is 22.9 Å². The molecule has 0 unspecified atom stereocenters. The number of aromatic nitrogens is 3. The third kappa shape index (κ3) is 2.27. The number of rotatable bonds is 2. The summed E-state index contributed by atoms with van der Waals surface area (Å²) in [6.07, 6.45) is 2.05. The molecule has 0 saturated carbocycles. The third-order valence-electron chi connectivity index (χ3n) is 4.35. The lowest BCUT2D eigenvalue weighted by atomic mass is 10.0. The molecule has 1 aliphatic rings. The number of hydrogen-bond donors (Lipinski definition) is 0. The van der Waals surface area contributed by atoms with Crippen molar-refractivity contribution in [3.63, 3.8) is 0 Å². The van der Waals surface area contributed by atoms with Crippen molar-refractivity contribution in [1.82, 2.24) is 19.7 Å². The predicted octanol–water partition coefficient (Wildman–Crippen LogP) is 2.78. The summed E-state index contributed by atoms with van der Waals surface area (Å²) in [4.78, 5) is 19.8. The number of carbonyl (C=O) groups is 1. The quantitative estimate of drug-likeness (QED) is 0.857. The Labute approximate surface area is 128 Å². The van der Waals surface area contributed by atoms with Crippen molar-refractivity contribution in [2.75, 3.05) is 6.54 Å². The number of aryl methyl sites for hydroxylation is 3. The van der Waals surface area contributed by atoms with Crippen LogP contribution in [0.3, 0.4) is 0 Å². The number of carbonyl (C=O) groups excluding carboxylic acids is 1. The highest BCUT2D eigenvalue weighted by molar-refractivity contribution is 7.11. The molecule has 2 aromatic rings. The van der Waals surface area contributed by atoms with Gasteiger partial charge in [-0.3, -0.25) is 9.48 Å². The molecule has 3 rings (SSSR count). The van der Waals surface area contributed by atoms with Crippen LogP contribution in [0, 0.1) is 20.8 Å². The van der Waals surface area contributed by atoms with Gasteiger partial charge in [0.15, 0.2) is 0 Å². The smallest absolute Gasteiger partial charge is 0.266 e. The summed E-state index contributed by atoms with van der Waals surface area (Å²) < 4.78 is 1.91. The van der Waals surface area contributed by atoms with Crippen LogP contribution in [-0.4, -0.2) is 32.1 Å². The Morgan fingerprint density at radius 1 is 1.33 bits per heavy atom. The Morgan fingerprint density at radius 2 is 2.10 bits per heavy atom. The maximum Gasteiger partial charge on any atom is 0.266 e. The zero-order valence-corrected chi connectivity index (χ0v) is 13.7. The largest absolute Gasteiger partial charge is 0.331 e. The Morgan fingerprint density at radius 3 is 2.67 bits per heavy atom. The van der Waals surface area contributed by atoms with Crippen LogP contribution in [0.25, 0.3) is 0 Å². The van der Waals surface area contributed by atoms with Crippen molar-refractivity contribution < 1.29 is 4.79 Å². The second kappa shape index (κ2) is 5.26. The molecule has 1 aliphatic heterocycles. The molecule has 1 amide bonds. The fraction of sp³-hybridized carbons (Fsp3) is 0.533. The standard InChI is InChI=1S/C15H20N4OS/c1-9-13(11(3)18(4)17-9)12-6-5-7-19(12)15(20)14-10(2)16-8-21-14/h8,12H,5-7H2,1-4H3/t12-/m0/s1. The summed E-state index contributed by atoms with van der Waals surface area (Å²) in [5.74, 6) is 0.111. The number of nitrogens with zero attached hydrogens (tertiary/aromatic N) is 4. The van der Waals surface area contributed by atoms with Gasteiger partial charge < -0.3 is 4.90 Å². The molecule has 0 aliphatic carbocycles. The minimum Gasteiger partial charge on any atom is -0.331 e. The van der Waals surface area contributed by atoms with Crippen molar-refractivity contribution in [1.29, 1.82) is 0 Å². The molecule has 6 heteroatoms. The first-order chi connectivity index (χ1) is 10.0. The minimum absolute atomic E-state index is 0.111. The zero-order valence-electron chi connectivity index (χ0n) is 12.9. The molecular formula is C15H20N4OS. The molecule has 0 aromatic carbocycles. The van der Waals surface area contributed by atoms with Crippen LogP contribution in [0.15, 0.2) is 5.51 Å². The van der Waals surface area contributed by atoms with Gasteiger partial charge in [-0.1, -0.05) is 0 Å². The Kier molecular flexibility index (Phi) is 3.57. The van der Waals surface area contributed by atoms with E-state index in [2.05, 4.69) is 17.0 Å². The van der Waals surface area contributed by atoms with Gasteiger partial charge in [0.2, 0.25) is 0 Å². The molecule has 0 spiro atoms. The van der Waals surface area contributed by atoms with Crippen molar-refractivity contribution in [2.45, 2.75) is 39.7 Å².